The quantitative estimate of drug-likeness (QED) is 0.256. The monoisotopic (exact) mass is 520 g/mol. The first-order valence-corrected chi connectivity index (χ1v) is 12.2. The van der Waals surface area contributed by atoms with Gasteiger partial charge in [-0.05, 0) is 42.8 Å². The maximum absolute atomic E-state index is 13.7. The van der Waals surface area contributed by atoms with E-state index in [1.807, 2.05) is 18.0 Å². The van der Waals surface area contributed by atoms with Crippen LogP contribution < -0.4 is 10.2 Å². The molecule has 0 aliphatic carbocycles. The number of barbiturate groups is 2. The molecule has 1 aromatic rings. The Balaban J connectivity index is 1.60. The molecule has 12 nitrogen and oxygen atoms in total. The molecule has 0 bridgehead atoms. The van der Waals surface area contributed by atoms with Crippen molar-refractivity contribution in [2.75, 3.05) is 52.2 Å². The van der Waals surface area contributed by atoms with Crippen molar-refractivity contribution in [2.24, 2.45) is 5.41 Å². The molecule has 4 heterocycles. The van der Waals surface area contributed by atoms with E-state index in [2.05, 4.69) is 16.8 Å². The predicted octanol–water partition coefficient (Wildman–Crippen LogP) is 0.0477. The number of rotatable bonds is 3. The molecule has 4 aliphatic rings. The Labute approximate surface area is 219 Å². The number of amides is 8. The molecule has 1 unspecified atom stereocenters. The number of carbonyl (C=O) groups is 6. The number of piperazine rings is 1. The third-order valence-corrected chi connectivity index (χ3v) is 7.79. The lowest BCUT2D eigenvalue weighted by Gasteiger charge is -2.55. The van der Waals surface area contributed by atoms with Crippen molar-refractivity contribution in [3.8, 4) is 0 Å². The molecule has 1 N–H and O–H groups in total. The van der Waals surface area contributed by atoms with E-state index < -0.39 is 47.1 Å². The summed E-state index contributed by atoms with van der Waals surface area (Å²) in [5.41, 5.74) is 0.286. The van der Waals surface area contributed by atoms with Gasteiger partial charge in [0.15, 0.2) is 5.41 Å². The number of benzene rings is 1. The zero-order chi connectivity index (χ0) is 27.5. The van der Waals surface area contributed by atoms with E-state index in [1.165, 1.54) is 26.2 Å². The minimum atomic E-state index is -1.52. The molecule has 1 spiro atoms. The number of fused-ring (bicyclic) bond motifs is 4. The van der Waals surface area contributed by atoms with Gasteiger partial charge in [-0.25, -0.2) is 9.59 Å². The van der Waals surface area contributed by atoms with Crippen LogP contribution >= 0.6 is 0 Å². The van der Waals surface area contributed by atoms with Gasteiger partial charge >= 0.3 is 12.1 Å². The second-order valence-electron chi connectivity index (χ2n) is 10.0. The molecule has 1 aromatic carbocycles. The van der Waals surface area contributed by atoms with Gasteiger partial charge in [-0.1, -0.05) is 12.1 Å². The Morgan fingerprint density at radius 2 is 1.71 bits per heavy atom. The van der Waals surface area contributed by atoms with Crippen molar-refractivity contribution in [3.05, 3.63) is 47.6 Å². The highest BCUT2D eigenvalue weighted by Gasteiger charge is 2.63. The summed E-state index contributed by atoms with van der Waals surface area (Å²) in [5.74, 6) is -2.66. The summed E-state index contributed by atoms with van der Waals surface area (Å²) in [4.78, 5) is 84.4. The Hall–Kier alpha value is -4.32. The van der Waals surface area contributed by atoms with Gasteiger partial charge in [-0.3, -0.25) is 39.2 Å². The zero-order valence-corrected chi connectivity index (χ0v) is 21.4. The van der Waals surface area contributed by atoms with Crippen molar-refractivity contribution in [2.45, 2.75) is 12.5 Å². The van der Waals surface area contributed by atoms with Gasteiger partial charge < -0.3 is 9.80 Å². The van der Waals surface area contributed by atoms with Gasteiger partial charge in [0, 0.05) is 46.0 Å². The van der Waals surface area contributed by atoms with E-state index in [0.717, 1.165) is 20.4 Å². The molecule has 4 aliphatic heterocycles. The number of carbonyl (C=O) groups excluding carboxylic acids is 6. The van der Waals surface area contributed by atoms with Gasteiger partial charge in [-0.15, -0.1) is 6.58 Å². The Morgan fingerprint density at radius 1 is 1.03 bits per heavy atom. The lowest BCUT2D eigenvalue weighted by molar-refractivity contribution is -0.160. The second-order valence-corrected chi connectivity index (χ2v) is 10.0. The molecule has 8 amide bonds. The average Bonchev–Trinajstić information content (AvgIpc) is 2.89. The lowest BCUT2D eigenvalue weighted by atomic mass is 9.67. The fourth-order valence-electron chi connectivity index (χ4n) is 5.85. The number of nitrogens with one attached hydrogen (secondary N) is 1. The molecule has 0 aromatic heterocycles. The number of nitrogens with zero attached hydrogens (tertiary/aromatic N) is 5. The highest BCUT2D eigenvalue weighted by atomic mass is 16.2. The van der Waals surface area contributed by atoms with E-state index in [4.69, 9.17) is 0 Å². The molecule has 12 heteroatoms. The van der Waals surface area contributed by atoms with Crippen molar-refractivity contribution < 1.29 is 28.8 Å². The van der Waals surface area contributed by atoms with Crippen molar-refractivity contribution in [1.29, 1.82) is 0 Å². The summed E-state index contributed by atoms with van der Waals surface area (Å²) in [5, 5.41) is 2.16. The van der Waals surface area contributed by atoms with Crippen molar-refractivity contribution in [3.63, 3.8) is 0 Å². The Bertz CT molecular complexity index is 1330. The second kappa shape index (κ2) is 8.91. The van der Waals surface area contributed by atoms with Crippen LogP contribution in [0.4, 0.5) is 15.3 Å². The zero-order valence-electron chi connectivity index (χ0n) is 21.4. The number of hydrogen-bond acceptors (Lipinski definition) is 8. The van der Waals surface area contributed by atoms with Crippen LogP contribution in [0.3, 0.4) is 0 Å². The molecule has 0 radical (unpaired) electrons. The fourth-order valence-corrected chi connectivity index (χ4v) is 5.85. The first-order chi connectivity index (χ1) is 18.0. The van der Waals surface area contributed by atoms with E-state index in [1.54, 1.807) is 12.1 Å². The van der Waals surface area contributed by atoms with Crippen LogP contribution in [0.15, 0.2) is 36.4 Å². The van der Waals surface area contributed by atoms with Gasteiger partial charge in [0.05, 0.1) is 6.04 Å². The number of hydrogen-bond donors (Lipinski definition) is 1. The summed E-state index contributed by atoms with van der Waals surface area (Å²) >= 11 is 0. The van der Waals surface area contributed by atoms with E-state index >= 15 is 0 Å². The van der Waals surface area contributed by atoms with Crippen LogP contribution in [0.2, 0.25) is 0 Å². The topological polar surface area (TPSA) is 131 Å². The van der Waals surface area contributed by atoms with Gasteiger partial charge in [-0.2, -0.15) is 0 Å². The molecule has 198 valence electrons. The average molecular weight is 521 g/mol. The molecule has 0 saturated carbocycles. The molecule has 3 saturated heterocycles. The van der Waals surface area contributed by atoms with E-state index in [0.29, 0.717) is 30.8 Å². The van der Waals surface area contributed by atoms with Crippen LogP contribution in [0.25, 0.3) is 6.08 Å². The van der Waals surface area contributed by atoms with Crippen molar-refractivity contribution >= 4 is 47.5 Å². The highest BCUT2D eigenvalue weighted by Crippen LogP contribution is 2.47. The molecular formula is C26H28N6O6. The minimum Gasteiger partial charge on any atom is -0.364 e. The SMILES string of the molecule is C=CCN1C(=O)NC(=O)C(=Cc2ccc3c(c2)CC2(C(=O)N(C)C(=O)N(C)C2=O)C2CN(C)CCN32)C1=O. The van der Waals surface area contributed by atoms with Crippen LogP contribution in [0, 0.1) is 5.41 Å². The summed E-state index contributed by atoms with van der Waals surface area (Å²) < 4.78 is 0. The number of imide groups is 4. The highest BCUT2D eigenvalue weighted by molar-refractivity contribution is 6.31. The van der Waals surface area contributed by atoms with Gasteiger partial charge in [0.2, 0.25) is 11.8 Å². The summed E-state index contributed by atoms with van der Waals surface area (Å²) in [6.45, 7) is 5.22. The fraction of sp³-hybridized carbons (Fsp3) is 0.385. The summed E-state index contributed by atoms with van der Waals surface area (Å²) in [7, 11) is 4.69. The summed E-state index contributed by atoms with van der Waals surface area (Å²) in [6.07, 6.45) is 2.82. The Morgan fingerprint density at radius 3 is 2.37 bits per heavy atom. The Kier molecular flexibility index (Phi) is 5.94. The van der Waals surface area contributed by atoms with Crippen molar-refractivity contribution in [1.82, 2.24) is 24.9 Å². The van der Waals surface area contributed by atoms with Crippen LogP contribution in [-0.4, -0.2) is 109 Å². The third kappa shape index (κ3) is 3.55. The lowest BCUT2D eigenvalue weighted by Crippen LogP contribution is -2.74. The first kappa shape index (κ1) is 25.3. The predicted molar refractivity (Wildman–Crippen MR) is 136 cm³/mol. The minimum absolute atomic E-state index is 0.0508. The smallest absolute Gasteiger partial charge is 0.332 e. The van der Waals surface area contributed by atoms with Crippen LogP contribution in [0.5, 0.6) is 0 Å². The number of anilines is 1. The summed E-state index contributed by atoms with van der Waals surface area (Å²) in [6, 6.07) is 3.36. The van der Waals surface area contributed by atoms with E-state index in [-0.39, 0.29) is 18.5 Å². The largest absolute Gasteiger partial charge is 0.364 e. The van der Waals surface area contributed by atoms with Gasteiger partial charge in [0.25, 0.3) is 11.8 Å². The maximum atomic E-state index is 13.7. The number of urea groups is 2. The molecular weight excluding hydrogens is 492 g/mol. The molecule has 1 atom stereocenters. The molecule has 5 rings (SSSR count). The van der Waals surface area contributed by atoms with Gasteiger partial charge in [0.1, 0.15) is 5.57 Å². The standard InChI is InChI=1S/C26H28N6O6/c1-5-8-32-21(34)17(20(33)27-24(32)37)12-15-6-7-18-16(11-15)13-26(19-14-28(2)9-10-31(18)19)22(35)29(3)25(38)30(4)23(26)36/h5-7,11-12,19H,1,8-10,13-14H2,2-4H3,(H,27,33,37). The van der Waals surface area contributed by atoms with Crippen LogP contribution in [-0.2, 0) is 25.6 Å². The normalized spacial score (nSPS) is 24.7. The molecule has 3 fully saturated rings. The van der Waals surface area contributed by atoms with Crippen LogP contribution in [0.1, 0.15) is 11.1 Å². The van der Waals surface area contributed by atoms with E-state index in [9.17, 15) is 28.8 Å². The molecule has 38 heavy (non-hydrogen) atoms. The number of likely N-dealkylation sites (N-methyl/N-ethyl adjacent to an activating group) is 1. The third-order valence-electron chi connectivity index (χ3n) is 7.79. The first-order valence-electron chi connectivity index (χ1n) is 12.2. The maximum Gasteiger partial charge on any atom is 0.332 e.